The van der Waals surface area contributed by atoms with Crippen LogP contribution in [-0.2, 0) is 14.8 Å². The first kappa shape index (κ1) is 15.2. The lowest BCUT2D eigenvalue weighted by Gasteiger charge is -2.24. The average Bonchev–Trinajstić information content (AvgIpc) is 2.93. The summed E-state index contributed by atoms with van der Waals surface area (Å²) in [5.74, 6) is -0.368. The molecule has 1 fully saturated rings. The van der Waals surface area contributed by atoms with Crippen molar-refractivity contribution in [2.45, 2.75) is 24.2 Å². The van der Waals surface area contributed by atoms with Crippen LogP contribution in [0.15, 0.2) is 41.1 Å². The number of hydrogen-bond donors (Lipinski definition) is 0. The molecule has 0 unspecified atom stereocenters. The average molecular weight is 324 g/mol. The van der Waals surface area contributed by atoms with E-state index in [1.165, 1.54) is 18.2 Å². The highest BCUT2D eigenvalue weighted by molar-refractivity contribution is 7.89. The minimum Gasteiger partial charge on any atom is -0.312 e. The number of halogens is 1. The predicted octanol–water partition coefficient (Wildman–Crippen LogP) is 2.06. The number of hydrogen-bond acceptors (Lipinski definition) is 3. The Kier molecular flexibility index (Phi) is 4.01. The van der Waals surface area contributed by atoms with Crippen LogP contribution in [-0.4, -0.2) is 38.3 Å². The molecule has 0 atom stereocenters. The zero-order chi connectivity index (χ0) is 15.7. The van der Waals surface area contributed by atoms with Crippen LogP contribution in [0.3, 0.4) is 0 Å². The minimum atomic E-state index is -3.70. The van der Waals surface area contributed by atoms with Crippen LogP contribution in [0.5, 0.6) is 0 Å². The lowest BCUT2D eigenvalue weighted by atomic mass is 10.3. The van der Waals surface area contributed by atoms with Crippen molar-refractivity contribution >= 4 is 21.6 Å². The van der Waals surface area contributed by atoms with Gasteiger partial charge >= 0.3 is 0 Å². The Morgan fingerprint density at radius 3 is 2.41 bits per heavy atom. The van der Waals surface area contributed by atoms with Crippen LogP contribution in [0.1, 0.15) is 19.3 Å². The van der Waals surface area contributed by atoms with Gasteiger partial charge in [0, 0.05) is 25.2 Å². The van der Waals surface area contributed by atoms with Crippen LogP contribution in [0.2, 0.25) is 0 Å². The molecule has 1 aromatic carbocycles. The van der Waals surface area contributed by atoms with E-state index in [-0.39, 0.29) is 23.9 Å². The molecule has 0 N–H and O–H groups in total. The van der Waals surface area contributed by atoms with Gasteiger partial charge in [-0.15, -0.1) is 0 Å². The number of rotatable bonds is 3. The molecule has 2 aliphatic heterocycles. The quantitative estimate of drug-likeness (QED) is 0.855. The van der Waals surface area contributed by atoms with Gasteiger partial charge in [0.1, 0.15) is 5.83 Å². The molecule has 118 valence electrons. The summed E-state index contributed by atoms with van der Waals surface area (Å²) in [6, 6.07) is 6.22. The second-order valence-electron chi connectivity index (χ2n) is 5.42. The number of amides is 1. The van der Waals surface area contributed by atoms with Crippen LogP contribution in [0.25, 0.3) is 0 Å². The normalized spacial score (nSPS) is 20.3. The Morgan fingerprint density at radius 2 is 1.82 bits per heavy atom. The molecule has 3 rings (SSSR count). The number of sulfonamides is 1. The number of nitrogens with zero attached hydrogens (tertiary/aromatic N) is 2. The van der Waals surface area contributed by atoms with Gasteiger partial charge in [-0.05, 0) is 37.1 Å². The molecular formula is C15H17FN2O3S. The summed E-state index contributed by atoms with van der Waals surface area (Å²) in [5.41, 5.74) is 0.700. The molecule has 5 nitrogen and oxygen atoms in total. The minimum absolute atomic E-state index is 0.0545. The Labute approximate surface area is 129 Å². The third-order valence-corrected chi connectivity index (χ3v) is 5.79. The van der Waals surface area contributed by atoms with Crippen LogP contribution >= 0.6 is 0 Å². The second kappa shape index (κ2) is 5.81. The van der Waals surface area contributed by atoms with E-state index >= 15 is 0 Å². The van der Waals surface area contributed by atoms with Crippen molar-refractivity contribution in [2.75, 3.05) is 24.5 Å². The van der Waals surface area contributed by atoms with E-state index < -0.39 is 15.9 Å². The summed E-state index contributed by atoms with van der Waals surface area (Å²) in [4.78, 5) is 13.5. The molecule has 0 saturated carbocycles. The topological polar surface area (TPSA) is 57.7 Å². The summed E-state index contributed by atoms with van der Waals surface area (Å²) in [6.07, 6.45) is 3.14. The Morgan fingerprint density at radius 1 is 1.09 bits per heavy atom. The van der Waals surface area contributed by atoms with E-state index in [4.69, 9.17) is 0 Å². The summed E-state index contributed by atoms with van der Waals surface area (Å²) < 4.78 is 39.4. The van der Waals surface area contributed by atoms with Crippen molar-refractivity contribution < 1.29 is 17.6 Å². The SMILES string of the molecule is O=C1CCCN1c1ccc(S(=O)(=O)N2CCC=C(F)C2)cc1. The highest BCUT2D eigenvalue weighted by Crippen LogP contribution is 2.25. The third-order valence-electron chi connectivity index (χ3n) is 3.93. The molecule has 0 radical (unpaired) electrons. The van der Waals surface area contributed by atoms with Gasteiger partial charge in [-0.1, -0.05) is 6.08 Å². The van der Waals surface area contributed by atoms with Gasteiger partial charge in [0.15, 0.2) is 0 Å². The van der Waals surface area contributed by atoms with E-state index in [0.29, 0.717) is 25.1 Å². The molecule has 0 bridgehead atoms. The maximum Gasteiger partial charge on any atom is 0.243 e. The fraction of sp³-hybridized carbons (Fsp3) is 0.400. The van der Waals surface area contributed by atoms with Gasteiger partial charge in [0.05, 0.1) is 11.4 Å². The largest absolute Gasteiger partial charge is 0.312 e. The van der Waals surface area contributed by atoms with E-state index in [9.17, 15) is 17.6 Å². The van der Waals surface area contributed by atoms with Crippen molar-refractivity contribution in [3.8, 4) is 0 Å². The molecule has 0 spiro atoms. The molecule has 2 aliphatic rings. The summed E-state index contributed by atoms with van der Waals surface area (Å²) in [7, 11) is -3.70. The lowest BCUT2D eigenvalue weighted by Crippen LogP contribution is -2.35. The summed E-state index contributed by atoms with van der Waals surface area (Å²) in [5, 5.41) is 0. The van der Waals surface area contributed by atoms with Gasteiger partial charge in [0.25, 0.3) is 0 Å². The standard InChI is InChI=1S/C15H17FN2O3S/c16-12-3-1-9-17(11-12)22(20,21)14-7-5-13(6-8-14)18-10-2-4-15(18)19/h3,5-8H,1-2,4,9-11H2. The molecule has 0 aromatic heterocycles. The molecule has 22 heavy (non-hydrogen) atoms. The molecule has 7 heteroatoms. The van der Waals surface area contributed by atoms with E-state index in [1.54, 1.807) is 17.0 Å². The zero-order valence-corrected chi connectivity index (χ0v) is 12.9. The number of anilines is 1. The van der Waals surface area contributed by atoms with Gasteiger partial charge in [-0.2, -0.15) is 4.31 Å². The Balaban J connectivity index is 1.83. The zero-order valence-electron chi connectivity index (χ0n) is 12.0. The number of carbonyl (C=O) groups is 1. The van der Waals surface area contributed by atoms with Gasteiger partial charge in [-0.25, -0.2) is 12.8 Å². The molecular weight excluding hydrogens is 307 g/mol. The maximum atomic E-state index is 13.3. The first-order valence-corrected chi connectivity index (χ1v) is 8.67. The van der Waals surface area contributed by atoms with Crippen LogP contribution in [0.4, 0.5) is 10.1 Å². The monoisotopic (exact) mass is 324 g/mol. The van der Waals surface area contributed by atoms with Crippen molar-refractivity contribution in [1.82, 2.24) is 4.31 Å². The Hall–Kier alpha value is -1.73. The number of benzene rings is 1. The highest BCUT2D eigenvalue weighted by Gasteiger charge is 2.28. The highest BCUT2D eigenvalue weighted by atomic mass is 32.2. The van der Waals surface area contributed by atoms with Crippen molar-refractivity contribution in [3.05, 3.63) is 36.2 Å². The van der Waals surface area contributed by atoms with Gasteiger partial charge in [-0.3, -0.25) is 4.79 Å². The predicted molar refractivity (Wildman–Crippen MR) is 80.6 cm³/mol. The summed E-state index contributed by atoms with van der Waals surface area (Å²) in [6.45, 7) is 0.726. The van der Waals surface area contributed by atoms with Crippen LogP contribution in [0, 0.1) is 0 Å². The molecule has 1 amide bonds. The Bertz CT molecular complexity index is 713. The van der Waals surface area contributed by atoms with E-state index in [0.717, 1.165) is 10.7 Å². The smallest absolute Gasteiger partial charge is 0.243 e. The van der Waals surface area contributed by atoms with E-state index in [2.05, 4.69) is 0 Å². The van der Waals surface area contributed by atoms with Gasteiger partial charge in [0.2, 0.25) is 15.9 Å². The first-order valence-electron chi connectivity index (χ1n) is 7.23. The van der Waals surface area contributed by atoms with Crippen molar-refractivity contribution in [1.29, 1.82) is 0 Å². The lowest BCUT2D eigenvalue weighted by molar-refractivity contribution is -0.117. The van der Waals surface area contributed by atoms with E-state index in [1.807, 2.05) is 0 Å². The molecule has 0 aliphatic carbocycles. The molecule has 1 saturated heterocycles. The molecule has 2 heterocycles. The maximum absolute atomic E-state index is 13.3. The third kappa shape index (κ3) is 2.78. The first-order chi connectivity index (χ1) is 10.5. The van der Waals surface area contributed by atoms with Crippen molar-refractivity contribution in [3.63, 3.8) is 0 Å². The summed E-state index contributed by atoms with van der Waals surface area (Å²) >= 11 is 0. The number of carbonyl (C=O) groups excluding carboxylic acids is 1. The molecule has 1 aromatic rings. The van der Waals surface area contributed by atoms with Gasteiger partial charge < -0.3 is 4.90 Å². The fourth-order valence-corrected chi connectivity index (χ4v) is 4.17. The fourth-order valence-electron chi connectivity index (χ4n) is 2.75. The van der Waals surface area contributed by atoms with Crippen LogP contribution < -0.4 is 4.90 Å². The second-order valence-corrected chi connectivity index (χ2v) is 7.36. The van der Waals surface area contributed by atoms with Crippen molar-refractivity contribution in [2.24, 2.45) is 0 Å².